The molecule has 0 aromatic heterocycles. The highest BCUT2D eigenvalue weighted by Gasteiger charge is 2.22. The van der Waals surface area contributed by atoms with Crippen LogP contribution in [0.1, 0.15) is 25.3 Å². The number of likely N-dealkylation sites (tertiary alicyclic amines) is 1. The van der Waals surface area contributed by atoms with Gasteiger partial charge in [-0.25, -0.2) is 0 Å². The van der Waals surface area contributed by atoms with Crippen LogP contribution in [0.15, 0.2) is 28.7 Å². The van der Waals surface area contributed by atoms with Gasteiger partial charge in [-0.05, 0) is 44.5 Å². The van der Waals surface area contributed by atoms with Gasteiger partial charge in [-0.1, -0.05) is 34.1 Å². The molecule has 92 valence electrons. The molecule has 0 atom stereocenters. The third kappa shape index (κ3) is 3.39. The number of carbonyl (C=O) groups excluding carboxylic acids is 1. The molecule has 17 heavy (non-hydrogen) atoms. The lowest BCUT2D eigenvalue weighted by Crippen LogP contribution is -2.35. The summed E-state index contributed by atoms with van der Waals surface area (Å²) in [7, 11) is 0. The number of hydrogen-bond acceptors (Lipinski definition) is 2. The largest absolute Gasteiger partial charge is 0.300 e. The van der Waals surface area contributed by atoms with Crippen LogP contribution in [0, 0.1) is 5.92 Å². The van der Waals surface area contributed by atoms with Crippen molar-refractivity contribution in [1.29, 1.82) is 0 Å². The quantitative estimate of drug-likeness (QED) is 0.853. The van der Waals surface area contributed by atoms with E-state index in [1.165, 1.54) is 10.0 Å². The Balaban J connectivity index is 1.90. The molecule has 2 rings (SSSR count). The number of halogens is 1. The van der Waals surface area contributed by atoms with E-state index >= 15 is 0 Å². The number of hydrogen-bond donors (Lipinski definition) is 0. The average molecular weight is 296 g/mol. The third-order valence-electron chi connectivity index (χ3n) is 3.51. The van der Waals surface area contributed by atoms with Crippen LogP contribution in [0.3, 0.4) is 0 Å². The predicted molar refractivity (Wildman–Crippen MR) is 72.8 cm³/mol. The maximum Gasteiger partial charge on any atom is 0.133 e. The maximum absolute atomic E-state index is 11.3. The zero-order chi connectivity index (χ0) is 12.3. The summed E-state index contributed by atoms with van der Waals surface area (Å²) < 4.78 is 1.17. The summed E-state index contributed by atoms with van der Waals surface area (Å²) in [5.41, 5.74) is 1.33. The number of carbonyl (C=O) groups is 1. The Morgan fingerprint density at radius 2 is 2.00 bits per heavy atom. The molecule has 2 nitrogen and oxygen atoms in total. The van der Waals surface area contributed by atoms with Crippen LogP contribution >= 0.6 is 15.9 Å². The van der Waals surface area contributed by atoms with Crippen molar-refractivity contribution in [2.24, 2.45) is 5.92 Å². The first-order valence-electron chi connectivity index (χ1n) is 6.13. The summed E-state index contributed by atoms with van der Waals surface area (Å²) in [5.74, 6) is 0.649. The van der Waals surface area contributed by atoms with E-state index in [0.29, 0.717) is 11.7 Å². The Morgan fingerprint density at radius 3 is 2.59 bits per heavy atom. The second kappa shape index (κ2) is 5.78. The van der Waals surface area contributed by atoms with Gasteiger partial charge in [0, 0.05) is 16.9 Å². The molecule has 0 radical (unpaired) electrons. The number of ketones is 1. The number of piperidine rings is 1. The minimum Gasteiger partial charge on any atom is -0.300 e. The second-order valence-electron chi connectivity index (χ2n) is 4.75. The fraction of sp³-hybridized carbons (Fsp3) is 0.500. The van der Waals surface area contributed by atoms with Gasteiger partial charge in [-0.3, -0.25) is 9.69 Å². The highest BCUT2D eigenvalue weighted by Crippen LogP contribution is 2.22. The van der Waals surface area contributed by atoms with E-state index in [1.807, 2.05) is 6.07 Å². The van der Waals surface area contributed by atoms with Crippen molar-refractivity contribution < 1.29 is 4.79 Å². The first-order chi connectivity index (χ1) is 8.16. The molecule has 0 bridgehead atoms. The summed E-state index contributed by atoms with van der Waals surface area (Å²) in [5, 5.41) is 0. The monoisotopic (exact) mass is 295 g/mol. The van der Waals surface area contributed by atoms with E-state index < -0.39 is 0 Å². The molecule has 3 heteroatoms. The van der Waals surface area contributed by atoms with Gasteiger partial charge in [0.2, 0.25) is 0 Å². The zero-order valence-corrected chi connectivity index (χ0v) is 11.7. The van der Waals surface area contributed by atoms with Crippen LogP contribution in [-0.4, -0.2) is 23.8 Å². The molecule has 1 saturated heterocycles. The molecule has 0 unspecified atom stereocenters. The van der Waals surface area contributed by atoms with Crippen LogP contribution in [-0.2, 0) is 11.3 Å². The Kier molecular flexibility index (Phi) is 4.35. The van der Waals surface area contributed by atoms with Gasteiger partial charge in [0.05, 0.1) is 0 Å². The van der Waals surface area contributed by atoms with E-state index in [1.54, 1.807) is 6.92 Å². The van der Waals surface area contributed by atoms with Crippen molar-refractivity contribution in [2.45, 2.75) is 26.3 Å². The number of Topliss-reactive ketones (excluding diaryl/α,β-unsaturated/α-hetero) is 1. The average Bonchev–Trinajstić information content (AvgIpc) is 2.33. The van der Waals surface area contributed by atoms with E-state index in [0.717, 1.165) is 32.5 Å². The molecule has 1 heterocycles. The first kappa shape index (κ1) is 12.8. The van der Waals surface area contributed by atoms with Gasteiger partial charge in [0.1, 0.15) is 5.78 Å². The molecule has 1 fully saturated rings. The molecule has 1 aliphatic rings. The van der Waals surface area contributed by atoms with E-state index in [2.05, 4.69) is 39.0 Å². The van der Waals surface area contributed by atoms with Crippen LogP contribution in [0.25, 0.3) is 0 Å². The normalized spacial score (nSPS) is 18.2. The summed E-state index contributed by atoms with van der Waals surface area (Å²) in [6.45, 7) is 4.76. The van der Waals surface area contributed by atoms with Crippen molar-refractivity contribution in [3.8, 4) is 0 Å². The van der Waals surface area contributed by atoms with E-state index in [4.69, 9.17) is 0 Å². The fourth-order valence-electron chi connectivity index (χ4n) is 2.37. The lowest BCUT2D eigenvalue weighted by molar-refractivity contribution is -0.122. The molecule has 1 aromatic rings. The lowest BCUT2D eigenvalue weighted by atomic mass is 9.93. The smallest absolute Gasteiger partial charge is 0.133 e. The Bertz CT molecular complexity index is 397. The second-order valence-corrected chi connectivity index (χ2v) is 5.61. The van der Waals surface area contributed by atoms with Crippen LogP contribution in [0.4, 0.5) is 0 Å². The van der Waals surface area contributed by atoms with Crippen LogP contribution in [0.2, 0.25) is 0 Å². The van der Waals surface area contributed by atoms with Crippen molar-refractivity contribution in [3.63, 3.8) is 0 Å². The molecule has 0 aliphatic carbocycles. The highest BCUT2D eigenvalue weighted by atomic mass is 79.9. The number of benzene rings is 1. The van der Waals surface area contributed by atoms with Crippen molar-refractivity contribution in [2.75, 3.05) is 13.1 Å². The Morgan fingerprint density at radius 1 is 1.35 bits per heavy atom. The maximum atomic E-state index is 11.3. The Labute approximate surface area is 111 Å². The van der Waals surface area contributed by atoms with Gasteiger partial charge in [0.15, 0.2) is 0 Å². The minimum absolute atomic E-state index is 0.297. The predicted octanol–water partition coefficient (Wildman–Crippen LogP) is 3.25. The molecular weight excluding hydrogens is 278 g/mol. The summed E-state index contributed by atoms with van der Waals surface area (Å²) in [6, 6.07) is 8.34. The summed E-state index contributed by atoms with van der Waals surface area (Å²) >= 11 is 3.58. The van der Waals surface area contributed by atoms with Crippen LogP contribution < -0.4 is 0 Å². The number of rotatable bonds is 3. The SMILES string of the molecule is CC(=O)C1CCN(Cc2ccccc2Br)CC1. The van der Waals surface area contributed by atoms with Gasteiger partial charge in [-0.2, -0.15) is 0 Å². The third-order valence-corrected chi connectivity index (χ3v) is 4.29. The molecule has 0 saturated carbocycles. The standard InChI is InChI=1S/C14H18BrNO/c1-11(17)12-6-8-16(9-7-12)10-13-4-2-3-5-14(13)15/h2-5,12H,6-10H2,1H3. The van der Waals surface area contributed by atoms with Gasteiger partial charge >= 0.3 is 0 Å². The van der Waals surface area contributed by atoms with Crippen molar-refractivity contribution in [1.82, 2.24) is 4.90 Å². The Hall–Kier alpha value is -0.670. The van der Waals surface area contributed by atoms with E-state index in [-0.39, 0.29) is 0 Å². The zero-order valence-electron chi connectivity index (χ0n) is 10.2. The summed E-state index contributed by atoms with van der Waals surface area (Å²) in [6.07, 6.45) is 2.03. The molecule has 0 spiro atoms. The lowest BCUT2D eigenvalue weighted by Gasteiger charge is -2.31. The van der Waals surface area contributed by atoms with Gasteiger partial charge < -0.3 is 0 Å². The highest BCUT2D eigenvalue weighted by molar-refractivity contribution is 9.10. The van der Waals surface area contributed by atoms with E-state index in [9.17, 15) is 4.79 Å². The fourth-order valence-corrected chi connectivity index (χ4v) is 2.78. The van der Waals surface area contributed by atoms with Crippen LogP contribution in [0.5, 0.6) is 0 Å². The van der Waals surface area contributed by atoms with Crippen molar-refractivity contribution in [3.05, 3.63) is 34.3 Å². The van der Waals surface area contributed by atoms with Gasteiger partial charge in [-0.15, -0.1) is 0 Å². The van der Waals surface area contributed by atoms with Crippen molar-refractivity contribution >= 4 is 21.7 Å². The molecule has 0 amide bonds. The van der Waals surface area contributed by atoms with Gasteiger partial charge in [0.25, 0.3) is 0 Å². The first-order valence-corrected chi connectivity index (χ1v) is 6.92. The molecular formula is C14H18BrNO. The summed E-state index contributed by atoms with van der Waals surface area (Å²) in [4.78, 5) is 13.7. The number of nitrogens with zero attached hydrogens (tertiary/aromatic N) is 1. The molecule has 1 aliphatic heterocycles. The molecule has 0 N–H and O–H groups in total. The minimum atomic E-state index is 0.297. The topological polar surface area (TPSA) is 20.3 Å². The molecule has 1 aromatic carbocycles.